The van der Waals surface area contributed by atoms with E-state index in [2.05, 4.69) is 18.1 Å². The molecule has 0 aliphatic heterocycles. The normalized spacial score (nSPS) is 12.2. The standard InChI is InChI=1S/C12H21NO2/c1-5-8-13(9-6-2)10-11(4)12(14)15-7-3/h5-6,11H,1-2,7-10H2,3-4H3. The van der Waals surface area contributed by atoms with Gasteiger partial charge in [-0.2, -0.15) is 0 Å². The molecule has 0 aliphatic carbocycles. The van der Waals surface area contributed by atoms with Gasteiger partial charge in [-0.1, -0.05) is 19.1 Å². The minimum atomic E-state index is -0.143. The first-order chi connectivity index (χ1) is 7.15. The van der Waals surface area contributed by atoms with E-state index < -0.39 is 0 Å². The van der Waals surface area contributed by atoms with Gasteiger partial charge in [-0.25, -0.2) is 0 Å². The summed E-state index contributed by atoms with van der Waals surface area (Å²) in [5, 5.41) is 0. The molecular formula is C12H21NO2. The summed E-state index contributed by atoms with van der Waals surface area (Å²) in [6, 6.07) is 0. The van der Waals surface area contributed by atoms with E-state index in [-0.39, 0.29) is 11.9 Å². The van der Waals surface area contributed by atoms with Gasteiger partial charge in [-0.15, -0.1) is 13.2 Å². The fraction of sp³-hybridized carbons (Fsp3) is 0.583. The van der Waals surface area contributed by atoms with Gasteiger partial charge in [0.1, 0.15) is 0 Å². The molecule has 0 rings (SSSR count). The molecular weight excluding hydrogens is 190 g/mol. The molecule has 0 radical (unpaired) electrons. The van der Waals surface area contributed by atoms with Gasteiger partial charge in [0.2, 0.25) is 0 Å². The molecule has 1 unspecified atom stereocenters. The number of hydrogen-bond donors (Lipinski definition) is 0. The summed E-state index contributed by atoms with van der Waals surface area (Å²) >= 11 is 0. The summed E-state index contributed by atoms with van der Waals surface area (Å²) in [5.41, 5.74) is 0. The monoisotopic (exact) mass is 211 g/mol. The van der Waals surface area contributed by atoms with Crippen molar-refractivity contribution in [1.29, 1.82) is 0 Å². The quantitative estimate of drug-likeness (QED) is 0.453. The predicted molar refractivity (Wildman–Crippen MR) is 62.6 cm³/mol. The van der Waals surface area contributed by atoms with Gasteiger partial charge in [0, 0.05) is 19.6 Å². The Morgan fingerprint density at radius 1 is 1.40 bits per heavy atom. The van der Waals surface area contributed by atoms with Crippen LogP contribution in [0.2, 0.25) is 0 Å². The predicted octanol–water partition coefficient (Wildman–Crippen LogP) is 1.86. The highest BCUT2D eigenvalue weighted by Gasteiger charge is 2.16. The summed E-state index contributed by atoms with van der Waals surface area (Å²) in [5.74, 6) is -0.250. The number of hydrogen-bond acceptors (Lipinski definition) is 3. The number of esters is 1. The molecule has 0 spiro atoms. The molecule has 0 bridgehead atoms. The first-order valence-corrected chi connectivity index (χ1v) is 5.26. The molecule has 0 N–H and O–H groups in total. The van der Waals surface area contributed by atoms with Crippen LogP contribution in [-0.2, 0) is 9.53 Å². The van der Waals surface area contributed by atoms with Gasteiger partial charge in [0.05, 0.1) is 12.5 Å². The van der Waals surface area contributed by atoms with Crippen LogP contribution in [0.4, 0.5) is 0 Å². The number of ether oxygens (including phenoxy) is 1. The van der Waals surface area contributed by atoms with Gasteiger partial charge < -0.3 is 4.74 Å². The zero-order valence-corrected chi connectivity index (χ0v) is 9.74. The van der Waals surface area contributed by atoms with Gasteiger partial charge in [0.25, 0.3) is 0 Å². The van der Waals surface area contributed by atoms with Crippen molar-refractivity contribution in [2.24, 2.45) is 5.92 Å². The average molecular weight is 211 g/mol. The Kier molecular flexibility index (Phi) is 7.64. The fourth-order valence-corrected chi connectivity index (χ4v) is 1.34. The van der Waals surface area contributed by atoms with Crippen LogP contribution in [0.3, 0.4) is 0 Å². The maximum atomic E-state index is 11.4. The van der Waals surface area contributed by atoms with Crippen molar-refractivity contribution >= 4 is 5.97 Å². The zero-order chi connectivity index (χ0) is 11.7. The lowest BCUT2D eigenvalue weighted by Crippen LogP contribution is -2.33. The highest BCUT2D eigenvalue weighted by Crippen LogP contribution is 2.03. The van der Waals surface area contributed by atoms with E-state index in [1.165, 1.54) is 0 Å². The molecule has 0 saturated heterocycles. The number of rotatable bonds is 8. The van der Waals surface area contributed by atoms with Crippen LogP contribution in [0.25, 0.3) is 0 Å². The van der Waals surface area contributed by atoms with Crippen LogP contribution in [0.1, 0.15) is 13.8 Å². The van der Waals surface area contributed by atoms with E-state index in [0.29, 0.717) is 13.2 Å². The highest BCUT2D eigenvalue weighted by molar-refractivity contribution is 5.72. The summed E-state index contributed by atoms with van der Waals surface area (Å²) < 4.78 is 4.94. The van der Waals surface area contributed by atoms with Crippen LogP contribution in [0.5, 0.6) is 0 Å². The third-order valence-corrected chi connectivity index (χ3v) is 2.00. The van der Waals surface area contributed by atoms with E-state index in [4.69, 9.17) is 4.74 Å². The molecule has 0 aromatic heterocycles. The van der Waals surface area contributed by atoms with Crippen LogP contribution < -0.4 is 0 Å². The van der Waals surface area contributed by atoms with E-state index >= 15 is 0 Å². The van der Waals surface area contributed by atoms with Gasteiger partial charge in [0.15, 0.2) is 0 Å². The second-order valence-electron chi connectivity index (χ2n) is 3.45. The molecule has 0 fully saturated rings. The van der Waals surface area contributed by atoms with Crippen LogP contribution in [-0.4, -0.2) is 37.1 Å². The lowest BCUT2D eigenvalue weighted by atomic mass is 10.1. The lowest BCUT2D eigenvalue weighted by molar-refractivity contribution is -0.147. The van der Waals surface area contributed by atoms with Crippen molar-refractivity contribution in [2.45, 2.75) is 13.8 Å². The van der Waals surface area contributed by atoms with E-state index in [9.17, 15) is 4.79 Å². The number of carbonyl (C=O) groups is 1. The molecule has 3 heteroatoms. The van der Waals surface area contributed by atoms with Crippen LogP contribution in [0, 0.1) is 5.92 Å². The minimum Gasteiger partial charge on any atom is -0.466 e. The molecule has 0 heterocycles. The van der Waals surface area contributed by atoms with E-state index in [0.717, 1.165) is 13.1 Å². The summed E-state index contributed by atoms with van der Waals surface area (Å²) in [6.45, 7) is 13.7. The number of nitrogens with zero attached hydrogens (tertiary/aromatic N) is 1. The summed E-state index contributed by atoms with van der Waals surface area (Å²) in [6.07, 6.45) is 3.64. The fourth-order valence-electron chi connectivity index (χ4n) is 1.34. The molecule has 1 atom stereocenters. The molecule has 0 saturated carbocycles. The molecule has 0 amide bonds. The first kappa shape index (κ1) is 13.9. The highest BCUT2D eigenvalue weighted by atomic mass is 16.5. The van der Waals surface area contributed by atoms with Gasteiger partial charge in [-0.3, -0.25) is 9.69 Å². The molecule has 3 nitrogen and oxygen atoms in total. The third kappa shape index (κ3) is 6.07. The van der Waals surface area contributed by atoms with Gasteiger partial charge >= 0.3 is 5.97 Å². The third-order valence-electron chi connectivity index (χ3n) is 2.00. The Hall–Kier alpha value is -1.09. The van der Waals surface area contributed by atoms with Crippen molar-refractivity contribution < 1.29 is 9.53 Å². The minimum absolute atomic E-state index is 0.107. The van der Waals surface area contributed by atoms with Gasteiger partial charge in [-0.05, 0) is 6.92 Å². The first-order valence-electron chi connectivity index (χ1n) is 5.26. The topological polar surface area (TPSA) is 29.5 Å². The molecule has 86 valence electrons. The van der Waals surface area contributed by atoms with E-state index in [1.807, 2.05) is 26.0 Å². The Morgan fingerprint density at radius 2 is 1.93 bits per heavy atom. The Balaban J connectivity index is 4.07. The van der Waals surface area contributed by atoms with Crippen molar-refractivity contribution in [1.82, 2.24) is 4.90 Å². The summed E-state index contributed by atoms with van der Waals surface area (Å²) in [7, 11) is 0. The molecule has 0 aromatic rings. The Bertz CT molecular complexity index is 204. The lowest BCUT2D eigenvalue weighted by Gasteiger charge is -2.21. The largest absolute Gasteiger partial charge is 0.466 e. The molecule has 0 aliphatic rings. The SMILES string of the molecule is C=CCN(CC=C)CC(C)C(=O)OCC. The maximum Gasteiger partial charge on any atom is 0.309 e. The second-order valence-corrected chi connectivity index (χ2v) is 3.45. The number of carbonyl (C=O) groups excluding carboxylic acids is 1. The average Bonchev–Trinajstić information content (AvgIpc) is 2.18. The molecule has 15 heavy (non-hydrogen) atoms. The van der Waals surface area contributed by atoms with Crippen LogP contribution >= 0.6 is 0 Å². The Morgan fingerprint density at radius 3 is 2.33 bits per heavy atom. The van der Waals surface area contributed by atoms with Crippen molar-refractivity contribution in [3.63, 3.8) is 0 Å². The Labute approximate surface area is 92.4 Å². The van der Waals surface area contributed by atoms with Crippen molar-refractivity contribution in [3.05, 3.63) is 25.3 Å². The second kappa shape index (κ2) is 8.24. The smallest absolute Gasteiger partial charge is 0.309 e. The van der Waals surface area contributed by atoms with Crippen LogP contribution in [0.15, 0.2) is 25.3 Å². The zero-order valence-electron chi connectivity index (χ0n) is 9.74. The summed E-state index contributed by atoms with van der Waals surface area (Å²) in [4.78, 5) is 13.5. The van der Waals surface area contributed by atoms with Crippen molar-refractivity contribution in [2.75, 3.05) is 26.2 Å². The maximum absolute atomic E-state index is 11.4. The molecule has 0 aromatic carbocycles. The van der Waals surface area contributed by atoms with Crippen molar-refractivity contribution in [3.8, 4) is 0 Å². The van der Waals surface area contributed by atoms with E-state index in [1.54, 1.807) is 0 Å².